The van der Waals surface area contributed by atoms with Crippen molar-refractivity contribution in [3.05, 3.63) is 78.4 Å². The predicted molar refractivity (Wildman–Crippen MR) is 127 cm³/mol. The van der Waals surface area contributed by atoms with E-state index in [0.29, 0.717) is 44.3 Å². The summed E-state index contributed by atoms with van der Waals surface area (Å²) in [7, 11) is -3.58. The number of para-hydroxylation sites is 3. The van der Waals surface area contributed by atoms with E-state index in [0.717, 1.165) is 22.8 Å². The van der Waals surface area contributed by atoms with Gasteiger partial charge in [-0.2, -0.15) is 4.31 Å². The molecule has 0 radical (unpaired) electrons. The molecular weight excluding hydrogens is 438 g/mol. The average molecular weight is 464 g/mol. The summed E-state index contributed by atoms with van der Waals surface area (Å²) in [4.78, 5) is 7.32. The quantitative estimate of drug-likeness (QED) is 0.578. The molecule has 0 amide bonds. The number of nitrogens with zero attached hydrogens (tertiary/aromatic N) is 3. The van der Waals surface area contributed by atoms with Crippen LogP contribution in [0.5, 0.6) is 17.2 Å². The monoisotopic (exact) mass is 463 g/mol. The van der Waals surface area contributed by atoms with Crippen LogP contribution in [-0.2, 0) is 10.0 Å². The highest BCUT2D eigenvalue weighted by atomic mass is 32.2. The SMILES string of the molecule is CCOc1ccc(S(=O)(=O)N2CCN(C3=Nc4ccccc4Oc4ccccc43)CC2)cc1. The number of hydrogen-bond acceptors (Lipinski definition) is 6. The lowest BCUT2D eigenvalue weighted by molar-refractivity contribution is 0.266. The summed E-state index contributed by atoms with van der Waals surface area (Å²) in [5, 5.41) is 0. The number of amidine groups is 1. The van der Waals surface area contributed by atoms with Crippen LogP contribution in [0.4, 0.5) is 5.69 Å². The molecule has 2 aliphatic rings. The highest BCUT2D eigenvalue weighted by Crippen LogP contribution is 2.38. The van der Waals surface area contributed by atoms with E-state index in [-0.39, 0.29) is 4.90 Å². The van der Waals surface area contributed by atoms with E-state index >= 15 is 0 Å². The number of aliphatic imine (C=N–C) groups is 1. The summed E-state index contributed by atoms with van der Waals surface area (Å²) < 4.78 is 39.4. The number of hydrogen-bond donors (Lipinski definition) is 0. The lowest BCUT2D eigenvalue weighted by Gasteiger charge is -2.35. The number of benzene rings is 3. The van der Waals surface area contributed by atoms with Crippen molar-refractivity contribution in [1.29, 1.82) is 0 Å². The second-order valence-electron chi connectivity index (χ2n) is 7.80. The van der Waals surface area contributed by atoms with Crippen molar-refractivity contribution in [3.63, 3.8) is 0 Å². The smallest absolute Gasteiger partial charge is 0.243 e. The predicted octanol–water partition coefficient (Wildman–Crippen LogP) is 4.28. The van der Waals surface area contributed by atoms with Gasteiger partial charge in [0.05, 0.1) is 17.1 Å². The van der Waals surface area contributed by atoms with Crippen LogP contribution in [-0.4, -0.2) is 56.2 Å². The molecule has 1 saturated heterocycles. The van der Waals surface area contributed by atoms with Crippen molar-refractivity contribution in [3.8, 4) is 17.2 Å². The molecule has 8 heteroatoms. The minimum Gasteiger partial charge on any atom is -0.494 e. The molecule has 0 unspecified atom stereocenters. The van der Waals surface area contributed by atoms with E-state index in [2.05, 4.69) is 4.90 Å². The van der Waals surface area contributed by atoms with Crippen LogP contribution < -0.4 is 9.47 Å². The molecule has 0 N–H and O–H groups in total. The summed E-state index contributed by atoms with van der Waals surface area (Å²) in [6.07, 6.45) is 0. The second kappa shape index (κ2) is 8.88. The zero-order chi connectivity index (χ0) is 22.8. The summed E-state index contributed by atoms with van der Waals surface area (Å²) in [5.41, 5.74) is 1.66. The van der Waals surface area contributed by atoms with Crippen molar-refractivity contribution in [2.75, 3.05) is 32.8 Å². The van der Waals surface area contributed by atoms with E-state index in [1.54, 1.807) is 24.3 Å². The zero-order valence-electron chi connectivity index (χ0n) is 18.3. The van der Waals surface area contributed by atoms with Gasteiger partial charge < -0.3 is 14.4 Å². The molecular formula is C25H25N3O4S. The highest BCUT2D eigenvalue weighted by Gasteiger charge is 2.31. The number of fused-ring (bicyclic) bond motifs is 2. The molecule has 3 aromatic rings. The van der Waals surface area contributed by atoms with Gasteiger partial charge >= 0.3 is 0 Å². The zero-order valence-corrected chi connectivity index (χ0v) is 19.2. The van der Waals surface area contributed by atoms with Crippen LogP contribution >= 0.6 is 0 Å². The Morgan fingerprint density at radius 2 is 1.55 bits per heavy atom. The molecule has 5 rings (SSSR count). The largest absolute Gasteiger partial charge is 0.494 e. The van der Waals surface area contributed by atoms with Crippen LogP contribution in [0.15, 0.2) is 82.7 Å². The van der Waals surface area contributed by atoms with Gasteiger partial charge in [-0.05, 0) is 55.5 Å². The van der Waals surface area contributed by atoms with Crippen LogP contribution in [0.1, 0.15) is 12.5 Å². The topological polar surface area (TPSA) is 71.4 Å². The standard InChI is InChI=1S/C25H25N3O4S/c1-2-31-19-11-13-20(14-12-19)33(29,30)28-17-15-27(16-18-28)25-21-7-3-5-9-23(21)32-24-10-6-4-8-22(24)26-25/h3-14H,2,15-18H2,1H3. The first-order valence-electron chi connectivity index (χ1n) is 11.0. The third-order valence-corrected chi connectivity index (χ3v) is 7.66. The van der Waals surface area contributed by atoms with Crippen molar-refractivity contribution < 1.29 is 17.9 Å². The van der Waals surface area contributed by atoms with Crippen LogP contribution in [0.25, 0.3) is 0 Å². The summed E-state index contributed by atoms with van der Waals surface area (Å²) in [5.74, 6) is 2.91. The van der Waals surface area contributed by atoms with E-state index in [9.17, 15) is 8.42 Å². The molecule has 0 aromatic heterocycles. The van der Waals surface area contributed by atoms with Gasteiger partial charge in [-0.15, -0.1) is 0 Å². The Labute approximate surface area is 193 Å². The molecule has 0 bridgehead atoms. The van der Waals surface area contributed by atoms with Crippen LogP contribution in [0.3, 0.4) is 0 Å². The Kier molecular flexibility index (Phi) is 5.78. The van der Waals surface area contributed by atoms with Crippen molar-refractivity contribution in [1.82, 2.24) is 9.21 Å². The Morgan fingerprint density at radius 1 is 0.879 bits per heavy atom. The average Bonchev–Trinajstić information content (AvgIpc) is 3.01. The maximum absolute atomic E-state index is 13.2. The van der Waals surface area contributed by atoms with Crippen LogP contribution in [0, 0.1) is 0 Å². The third kappa shape index (κ3) is 4.19. The highest BCUT2D eigenvalue weighted by molar-refractivity contribution is 7.89. The van der Waals surface area contributed by atoms with E-state index < -0.39 is 10.0 Å². The Morgan fingerprint density at radius 3 is 2.27 bits per heavy atom. The summed E-state index contributed by atoms with van der Waals surface area (Å²) >= 11 is 0. The molecule has 0 spiro atoms. The number of sulfonamides is 1. The minimum atomic E-state index is -3.58. The third-order valence-electron chi connectivity index (χ3n) is 5.75. The van der Waals surface area contributed by atoms with Crippen molar-refractivity contribution in [2.24, 2.45) is 4.99 Å². The molecule has 2 aliphatic heterocycles. The fourth-order valence-electron chi connectivity index (χ4n) is 4.07. The Hall–Kier alpha value is -3.36. The lowest BCUT2D eigenvalue weighted by Crippen LogP contribution is -2.50. The molecule has 2 heterocycles. The minimum absolute atomic E-state index is 0.277. The van der Waals surface area contributed by atoms with Gasteiger partial charge in [0, 0.05) is 26.2 Å². The molecule has 33 heavy (non-hydrogen) atoms. The molecule has 3 aromatic carbocycles. The number of rotatable bonds is 4. The maximum Gasteiger partial charge on any atom is 0.243 e. The Balaban J connectivity index is 1.38. The number of piperazine rings is 1. The van der Waals surface area contributed by atoms with E-state index in [1.807, 2.05) is 55.5 Å². The molecule has 0 atom stereocenters. The second-order valence-corrected chi connectivity index (χ2v) is 9.73. The molecule has 7 nitrogen and oxygen atoms in total. The van der Waals surface area contributed by atoms with Crippen molar-refractivity contribution in [2.45, 2.75) is 11.8 Å². The van der Waals surface area contributed by atoms with Gasteiger partial charge in [-0.3, -0.25) is 0 Å². The molecule has 1 fully saturated rings. The lowest BCUT2D eigenvalue weighted by atomic mass is 10.1. The first-order valence-corrected chi connectivity index (χ1v) is 12.4. The maximum atomic E-state index is 13.2. The molecule has 0 aliphatic carbocycles. The van der Waals surface area contributed by atoms with Gasteiger partial charge in [0.2, 0.25) is 10.0 Å². The van der Waals surface area contributed by atoms with E-state index in [4.69, 9.17) is 14.5 Å². The first kappa shape index (κ1) is 21.5. The normalized spacial score (nSPS) is 16.2. The number of ether oxygens (including phenoxy) is 2. The fraction of sp³-hybridized carbons (Fsp3) is 0.240. The van der Waals surface area contributed by atoms with Crippen LogP contribution in [0.2, 0.25) is 0 Å². The van der Waals surface area contributed by atoms with E-state index in [1.165, 1.54) is 4.31 Å². The van der Waals surface area contributed by atoms with Gasteiger partial charge in [0.25, 0.3) is 0 Å². The Bertz CT molecular complexity index is 1280. The summed E-state index contributed by atoms with van der Waals surface area (Å²) in [6, 6.07) is 22.1. The van der Waals surface area contributed by atoms with Gasteiger partial charge in [0.1, 0.15) is 23.0 Å². The van der Waals surface area contributed by atoms with Gasteiger partial charge in [-0.25, -0.2) is 13.4 Å². The fourth-order valence-corrected chi connectivity index (χ4v) is 5.50. The first-order chi connectivity index (χ1) is 16.1. The molecule has 0 saturated carbocycles. The summed E-state index contributed by atoms with van der Waals surface area (Å²) in [6.45, 7) is 4.25. The van der Waals surface area contributed by atoms with Gasteiger partial charge in [0.15, 0.2) is 5.75 Å². The molecule has 170 valence electrons. The van der Waals surface area contributed by atoms with Crippen molar-refractivity contribution >= 4 is 21.5 Å². The van der Waals surface area contributed by atoms with Gasteiger partial charge in [-0.1, -0.05) is 24.3 Å².